The number of nitrogens with two attached hydrogens (primary N) is 1. The van der Waals surface area contributed by atoms with Crippen LogP contribution in [0.1, 0.15) is 26.2 Å². The van der Waals surface area contributed by atoms with Crippen LogP contribution in [0.4, 0.5) is 0 Å². The monoisotopic (exact) mass is 266 g/mol. The number of aromatic nitrogens is 2. The third kappa shape index (κ3) is 3.68. The van der Waals surface area contributed by atoms with Gasteiger partial charge in [-0.05, 0) is 26.2 Å². The Morgan fingerprint density at radius 3 is 2.94 bits per heavy atom. The van der Waals surface area contributed by atoms with Crippen molar-refractivity contribution in [2.24, 2.45) is 5.73 Å². The highest BCUT2D eigenvalue weighted by molar-refractivity contribution is 7.99. The van der Waals surface area contributed by atoms with E-state index in [9.17, 15) is 4.79 Å². The summed E-state index contributed by atoms with van der Waals surface area (Å²) in [6.07, 6.45) is 8.01. The molecule has 1 aliphatic carbocycles. The highest BCUT2D eigenvalue weighted by Crippen LogP contribution is 2.26. The first-order valence-electron chi connectivity index (χ1n) is 6.06. The van der Waals surface area contributed by atoms with Crippen LogP contribution in [-0.2, 0) is 4.79 Å². The number of carbonyl (C=O) groups is 1. The van der Waals surface area contributed by atoms with Crippen LogP contribution in [0.5, 0.6) is 0 Å². The van der Waals surface area contributed by atoms with Gasteiger partial charge in [-0.2, -0.15) is 0 Å². The quantitative estimate of drug-likeness (QED) is 0.718. The molecule has 2 rings (SSSR count). The van der Waals surface area contributed by atoms with Crippen molar-refractivity contribution in [3.63, 3.8) is 0 Å². The van der Waals surface area contributed by atoms with E-state index in [1.165, 1.54) is 0 Å². The molecule has 0 aliphatic heterocycles. The van der Waals surface area contributed by atoms with Crippen molar-refractivity contribution in [3.05, 3.63) is 18.6 Å². The van der Waals surface area contributed by atoms with Gasteiger partial charge >= 0.3 is 0 Å². The van der Waals surface area contributed by atoms with Crippen LogP contribution < -0.4 is 11.1 Å². The van der Waals surface area contributed by atoms with Gasteiger partial charge in [-0.3, -0.25) is 9.78 Å². The lowest BCUT2D eigenvalue weighted by Gasteiger charge is -2.27. The first-order chi connectivity index (χ1) is 8.60. The van der Waals surface area contributed by atoms with E-state index in [1.54, 1.807) is 30.4 Å². The standard InChI is InChI=1S/C12H18N4OS/c1-12(11(13)17,16-9-2-3-9)4-7-18-10-8-14-5-6-15-10/h5-6,8-9,16H,2-4,7H2,1H3,(H2,13,17). The molecule has 1 atom stereocenters. The molecule has 0 radical (unpaired) electrons. The fraction of sp³-hybridized carbons (Fsp3) is 0.583. The molecular formula is C12H18N4OS. The highest BCUT2D eigenvalue weighted by Gasteiger charge is 2.36. The van der Waals surface area contributed by atoms with E-state index in [0.29, 0.717) is 12.5 Å². The fourth-order valence-corrected chi connectivity index (χ4v) is 2.65. The van der Waals surface area contributed by atoms with Crippen molar-refractivity contribution in [2.45, 2.75) is 42.8 Å². The van der Waals surface area contributed by atoms with Crippen molar-refractivity contribution in [1.29, 1.82) is 0 Å². The third-order valence-electron chi connectivity index (χ3n) is 3.04. The lowest BCUT2D eigenvalue weighted by atomic mass is 9.98. The number of carbonyl (C=O) groups excluding carboxylic acids is 1. The summed E-state index contributed by atoms with van der Waals surface area (Å²) in [5.41, 5.74) is 4.87. The van der Waals surface area contributed by atoms with Gasteiger partial charge < -0.3 is 11.1 Å². The molecule has 0 spiro atoms. The Balaban J connectivity index is 1.84. The van der Waals surface area contributed by atoms with Crippen LogP contribution in [0.3, 0.4) is 0 Å². The van der Waals surface area contributed by atoms with Crippen molar-refractivity contribution in [2.75, 3.05) is 5.75 Å². The van der Waals surface area contributed by atoms with Gasteiger partial charge in [-0.15, -0.1) is 11.8 Å². The minimum atomic E-state index is -0.615. The van der Waals surface area contributed by atoms with Crippen LogP contribution in [-0.4, -0.2) is 33.2 Å². The molecule has 0 saturated heterocycles. The van der Waals surface area contributed by atoms with Crippen LogP contribution >= 0.6 is 11.8 Å². The van der Waals surface area contributed by atoms with E-state index in [4.69, 9.17) is 5.73 Å². The Hall–Kier alpha value is -1.14. The number of nitrogens with one attached hydrogen (secondary N) is 1. The van der Waals surface area contributed by atoms with Gasteiger partial charge in [0.05, 0.1) is 11.7 Å². The average molecular weight is 266 g/mol. The second-order valence-electron chi connectivity index (χ2n) is 4.76. The fourth-order valence-electron chi connectivity index (χ4n) is 1.66. The Morgan fingerprint density at radius 1 is 1.61 bits per heavy atom. The van der Waals surface area contributed by atoms with Crippen LogP contribution in [0, 0.1) is 0 Å². The SMILES string of the molecule is CC(CCSc1cnccn1)(NC1CC1)C(N)=O. The molecule has 1 aromatic heterocycles. The number of primary amides is 1. The second-order valence-corrected chi connectivity index (χ2v) is 5.87. The normalized spacial score (nSPS) is 18.3. The summed E-state index contributed by atoms with van der Waals surface area (Å²) in [6.45, 7) is 1.88. The molecule has 1 saturated carbocycles. The molecule has 98 valence electrons. The van der Waals surface area contributed by atoms with Crippen molar-refractivity contribution < 1.29 is 4.79 Å². The van der Waals surface area contributed by atoms with E-state index >= 15 is 0 Å². The zero-order valence-corrected chi connectivity index (χ0v) is 11.2. The number of hydrogen-bond acceptors (Lipinski definition) is 5. The molecular weight excluding hydrogens is 248 g/mol. The number of amides is 1. The van der Waals surface area contributed by atoms with Gasteiger partial charge in [-0.25, -0.2) is 4.98 Å². The zero-order valence-electron chi connectivity index (χ0n) is 10.4. The Kier molecular flexibility index (Phi) is 4.19. The van der Waals surface area contributed by atoms with Gasteiger partial charge in [0.25, 0.3) is 0 Å². The molecule has 1 heterocycles. The predicted octanol–water partition coefficient (Wildman–Crippen LogP) is 0.955. The van der Waals surface area contributed by atoms with Gasteiger partial charge in [0.15, 0.2) is 0 Å². The highest BCUT2D eigenvalue weighted by atomic mass is 32.2. The smallest absolute Gasteiger partial charge is 0.237 e. The van der Waals surface area contributed by atoms with Gasteiger partial charge in [0, 0.05) is 24.2 Å². The molecule has 1 unspecified atom stereocenters. The minimum absolute atomic E-state index is 0.283. The van der Waals surface area contributed by atoms with Gasteiger partial charge in [-0.1, -0.05) is 0 Å². The molecule has 3 N–H and O–H groups in total. The molecule has 0 aromatic carbocycles. The summed E-state index contributed by atoms with van der Waals surface area (Å²) >= 11 is 1.59. The summed E-state index contributed by atoms with van der Waals surface area (Å²) < 4.78 is 0. The summed E-state index contributed by atoms with van der Waals surface area (Å²) in [6, 6.07) is 0.462. The molecule has 1 aliphatic rings. The van der Waals surface area contributed by atoms with Crippen molar-refractivity contribution in [3.8, 4) is 0 Å². The van der Waals surface area contributed by atoms with Crippen LogP contribution in [0.15, 0.2) is 23.6 Å². The van der Waals surface area contributed by atoms with E-state index in [-0.39, 0.29) is 5.91 Å². The third-order valence-corrected chi connectivity index (χ3v) is 3.95. The summed E-state index contributed by atoms with van der Waals surface area (Å²) in [4.78, 5) is 19.7. The molecule has 1 fully saturated rings. The average Bonchev–Trinajstić information content (AvgIpc) is 3.14. The molecule has 18 heavy (non-hydrogen) atoms. The Labute approximate surface area is 111 Å². The number of rotatable bonds is 7. The van der Waals surface area contributed by atoms with Gasteiger partial charge in [0.1, 0.15) is 5.03 Å². The van der Waals surface area contributed by atoms with Crippen LogP contribution in [0.25, 0.3) is 0 Å². The lowest BCUT2D eigenvalue weighted by molar-refractivity contribution is -0.124. The van der Waals surface area contributed by atoms with E-state index in [1.807, 2.05) is 6.92 Å². The molecule has 5 nitrogen and oxygen atoms in total. The topological polar surface area (TPSA) is 80.9 Å². The number of hydrogen-bond donors (Lipinski definition) is 2. The summed E-state index contributed by atoms with van der Waals surface area (Å²) in [5.74, 6) is 0.506. The largest absolute Gasteiger partial charge is 0.368 e. The van der Waals surface area contributed by atoms with Crippen molar-refractivity contribution >= 4 is 17.7 Å². The number of thioether (sulfide) groups is 1. The van der Waals surface area contributed by atoms with Crippen molar-refractivity contribution in [1.82, 2.24) is 15.3 Å². The lowest BCUT2D eigenvalue weighted by Crippen LogP contribution is -2.54. The van der Waals surface area contributed by atoms with E-state index in [2.05, 4.69) is 15.3 Å². The maximum absolute atomic E-state index is 11.5. The summed E-state index contributed by atoms with van der Waals surface area (Å²) in [5, 5.41) is 4.20. The van der Waals surface area contributed by atoms with E-state index < -0.39 is 5.54 Å². The minimum Gasteiger partial charge on any atom is -0.368 e. The van der Waals surface area contributed by atoms with Gasteiger partial charge in [0.2, 0.25) is 5.91 Å². The van der Waals surface area contributed by atoms with Crippen LogP contribution in [0.2, 0.25) is 0 Å². The molecule has 1 amide bonds. The Morgan fingerprint density at radius 2 is 2.39 bits per heavy atom. The summed E-state index contributed by atoms with van der Waals surface area (Å²) in [7, 11) is 0. The maximum atomic E-state index is 11.5. The second kappa shape index (κ2) is 5.67. The molecule has 0 bridgehead atoms. The first-order valence-corrected chi connectivity index (χ1v) is 7.05. The maximum Gasteiger partial charge on any atom is 0.237 e. The van der Waals surface area contributed by atoms with E-state index in [0.717, 1.165) is 23.6 Å². The Bertz CT molecular complexity index is 410. The zero-order chi connectivity index (χ0) is 13.0. The molecule has 1 aromatic rings. The predicted molar refractivity (Wildman–Crippen MR) is 71.1 cm³/mol. The first kappa shape index (κ1) is 13.3. The number of nitrogens with zero attached hydrogens (tertiary/aromatic N) is 2. The molecule has 6 heteroatoms.